The summed E-state index contributed by atoms with van der Waals surface area (Å²) in [5, 5.41) is 8.90. The standard InChI is InChI=1S/C13H14O2/c14-13(15)12-7-11(12)10-5-8-3-1-2-4-9(8)6-10/h1-4,10-12H,5-7H2,(H,14,15)/t11-,12+/m0/s1. The van der Waals surface area contributed by atoms with E-state index in [4.69, 9.17) is 5.11 Å². The minimum absolute atomic E-state index is 0.0516. The molecule has 0 aliphatic heterocycles. The van der Waals surface area contributed by atoms with E-state index < -0.39 is 5.97 Å². The molecule has 0 bridgehead atoms. The molecule has 1 fully saturated rings. The third-order valence-electron chi connectivity index (χ3n) is 3.85. The van der Waals surface area contributed by atoms with E-state index >= 15 is 0 Å². The molecular formula is C13H14O2. The third-order valence-corrected chi connectivity index (χ3v) is 3.85. The van der Waals surface area contributed by atoms with Crippen LogP contribution in [0.25, 0.3) is 0 Å². The van der Waals surface area contributed by atoms with Crippen molar-refractivity contribution in [3.8, 4) is 0 Å². The number of carbonyl (C=O) groups is 1. The van der Waals surface area contributed by atoms with Crippen LogP contribution in [0.2, 0.25) is 0 Å². The largest absolute Gasteiger partial charge is 0.481 e. The van der Waals surface area contributed by atoms with Crippen molar-refractivity contribution in [3.05, 3.63) is 35.4 Å². The zero-order chi connectivity index (χ0) is 10.4. The molecule has 0 aromatic heterocycles. The van der Waals surface area contributed by atoms with Crippen LogP contribution >= 0.6 is 0 Å². The molecule has 0 amide bonds. The lowest BCUT2D eigenvalue weighted by atomic mass is 9.99. The first-order valence-electron chi connectivity index (χ1n) is 5.55. The SMILES string of the molecule is O=C(O)[C@@H]1C[C@H]1C1Cc2ccccc2C1. The number of aliphatic carboxylic acids is 1. The van der Waals surface area contributed by atoms with E-state index in [1.165, 1.54) is 11.1 Å². The van der Waals surface area contributed by atoms with Gasteiger partial charge in [0, 0.05) is 0 Å². The predicted molar refractivity (Wildman–Crippen MR) is 56.6 cm³/mol. The maximum absolute atomic E-state index is 10.8. The van der Waals surface area contributed by atoms with E-state index in [1.54, 1.807) is 0 Å². The quantitative estimate of drug-likeness (QED) is 0.797. The maximum Gasteiger partial charge on any atom is 0.306 e. The molecule has 1 aromatic rings. The van der Waals surface area contributed by atoms with E-state index in [2.05, 4.69) is 24.3 Å². The van der Waals surface area contributed by atoms with Gasteiger partial charge in [0.1, 0.15) is 0 Å². The first kappa shape index (κ1) is 8.96. The molecule has 78 valence electrons. The van der Waals surface area contributed by atoms with Gasteiger partial charge in [-0.25, -0.2) is 0 Å². The van der Waals surface area contributed by atoms with Gasteiger partial charge in [-0.05, 0) is 42.2 Å². The summed E-state index contributed by atoms with van der Waals surface area (Å²) < 4.78 is 0. The molecule has 0 spiro atoms. The van der Waals surface area contributed by atoms with Gasteiger partial charge in [-0.15, -0.1) is 0 Å². The molecule has 2 atom stereocenters. The fourth-order valence-electron chi connectivity index (χ4n) is 2.92. The zero-order valence-corrected chi connectivity index (χ0v) is 8.52. The third kappa shape index (κ3) is 1.44. The summed E-state index contributed by atoms with van der Waals surface area (Å²) in [6, 6.07) is 8.49. The van der Waals surface area contributed by atoms with Crippen LogP contribution in [0.1, 0.15) is 17.5 Å². The normalized spacial score (nSPS) is 28.8. The summed E-state index contributed by atoms with van der Waals surface area (Å²) in [7, 11) is 0. The van der Waals surface area contributed by atoms with E-state index in [0.29, 0.717) is 11.8 Å². The molecule has 0 saturated heterocycles. The van der Waals surface area contributed by atoms with Crippen molar-refractivity contribution in [1.82, 2.24) is 0 Å². The van der Waals surface area contributed by atoms with Gasteiger partial charge in [0.2, 0.25) is 0 Å². The Hall–Kier alpha value is -1.31. The predicted octanol–water partition coefficient (Wildman–Crippen LogP) is 2.12. The number of benzene rings is 1. The highest BCUT2D eigenvalue weighted by Gasteiger charge is 2.48. The van der Waals surface area contributed by atoms with Crippen LogP contribution in [0, 0.1) is 17.8 Å². The molecule has 2 aliphatic carbocycles. The molecule has 2 heteroatoms. The van der Waals surface area contributed by atoms with Crippen molar-refractivity contribution in [2.24, 2.45) is 17.8 Å². The topological polar surface area (TPSA) is 37.3 Å². The fourth-order valence-corrected chi connectivity index (χ4v) is 2.92. The molecule has 1 N–H and O–H groups in total. The lowest BCUT2D eigenvalue weighted by Gasteiger charge is -2.05. The second-order valence-electron chi connectivity index (χ2n) is 4.78. The van der Waals surface area contributed by atoms with Crippen molar-refractivity contribution in [3.63, 3.8) is 0 Å². The Bertz CT molecular complexity index is 386. The monoisotopic (exact) mass is 202 g/mol. The molecule has 2 aliphatic rings. The Morgan fingerprint density at radius 1 is 1.20 bits per heavy atom. The number of hydrogen-bond acceptors (Lipinski definition) is 1. The molecule has 15 heavy (non-hydrogen) atoms. The summed E-state index contributed by atoms with van der Waals surface area (Å²) in [5.74, 6) is 0.374. The number of rotatable bonds is 2. The van der Waals surface area contributed by atoms with E-state index in [9.17, 15) is 4.79 Å². The Kier molecular flexibility index (Phi) is 1.84. The van der Waals surface area contributed by atoms with Crippen molar-refractivity contribution < 1.29 is 9.90 Å². The van der Waals surface area contributed by atoms with Crippen LogP contribution < -0.4 is 0 Å². The zero-order valence-electron chi connectivity index (χ0n) is 8.52. The molecule has 2 nitrogen and oxygen atoms in total. The lowest BCUT2D eigenvalue weighted by molar-refractivity contribution is -0.139. The van der Waals surface area contributed by atoms with Crippen molar-refractivity contribution in [2.75, 3.05) is 0 Å². The summed E-state index contributed by atoms with van der Waals surface area (Å²) in [6.45, 7) is 0. The van der Waals surface area contributed by atoms with Crippen LogP contribution in [0.3, 0.4) is 0 Å². The molecule has 0 heterocycles. The Labute approximate surface area is 88.9 Å². The summed E-state index contributed by atoms with van der Waals surface area (Å²) in [4.78, 5) is 10.8. The maximum atomic E-state index is 10.8. The number of fused-ring (bicyclic) bond motifs is 1. The highest BCUT2D eigenvalue weighted by Crippen LogP contribution is 2.49. The van der Waals surface area contributed by atoms with Crippen LogP contribution in [0.5, 0.6) is 0 Å². The van der Waals surface area contributed by atoms with Crippen LogP contribution in [-0.4, -0.2) is 11.1 Å². The van der Waals surface area contributed by atoms with Gasteiger partial charge in [0.15, 0.2) is 0 Å². The summed E-state index contributed by atoms with van der Waals surface area (Å²) in [5.41, 5.74) is 2.86. The van der Waals surface area contributed by atoms with Gasteiger partial charge in [0.05, 0.1) is 5.92 Å². The van der Waals surface area contributed by atoms with Crippen molar-refractivity contribution in [1.29, 1.82) is 0 Å². The summed E-state index contributed by atoms with van der Waals surface area (Å²) in [6.07, 6.45) is 3.07. The lowest BCUT2D eigenvalue weighted by Crippen LogP contribution is -2.08. The number of carboxylic acid groups (broad SMARTS) is 1. The minimum Gasteiger partial charge on any atom is -0.481 e. The molecule has 3 rings (SSSR count). The Balaban J connectivity index is 1.73. The highest BCUT2D eigenvalue weighted by atomic mass is 16.4. The van der Waals surface area contributed by atoms with Crippen molar-refractivity contribution >= 4 is 5.97 Å². The first-order valence-corrected chi connectivity index (χ1v) is 5.55. The number of hydrogen-bond donors (Lipinski definition) is 1. The molecule has 0 radical (unpaired) electrons. The smallest absolute Gasteiger partial charge is 0.306 e. The van der Waals surface area contributed by atoms with E-state index in [-0.39, 0.29) is 5.92 Å². The second-order valence-corrected chi connectivity index (χ2v) is 4.78. The Morgan fingerprint density at radius 3 is 2.27 bits per heavy atom. The number of carboxylic acids is 1. The highest BCUT2D eigenvalue weighted by molar-refractivity contribution is 5.73. The first-order chi connectivity index (χ1) is 7.25. The van der Waals surface area contributed by atoms with Gasteiger partial charge < -0.3 is 5.11 Å². The van der Waals surface area contributed by atoms with Gasteiger partial charge in [-0.3, -0.25) is 4.79 Å². The fraction of sp³-hybridized carbons (Fsp3) is 0.462. The van der Waals surface area contributed by atoms with Crippen LogP contribution in [-0.2, 0) is 17.6 Å². The average molecular weight is 202 g/mol. The van der Waals surface area contributed by atoms with Crippen LogP contribution in [0.4, 0.5) is 0 Å². The summed E-state index contributed by atoms with van der Waals surface area (Å²) >= 11 is 0. The average Bonchev–Trinajstić information content (AvgIpc) is 2.91. The second kappa shape index (κ2) is 3.09. The van der Waals surface area contributed by atoms with Crippen molar-refractivity contribution in [2.45, 2.75) is 19.3 Å². The molecule has 0 unspecified atom stereocenters. The van der Waals surface area contributed by atoms with Gasteiger partial charge in [-0.2, -0.15) is 0 Å². The molecular weight excluding hydrogens is 188 g/mol. The minimum atomic E-state index is -0.601. The van der Waals surface area contributed by atoms with Gasteiger partial charge >= 0.3 is 5.97 Å². The van der Waals surface area contributed by atoms with E-state index in [1.807, 2.05) is 0 Å². The van der Waals surface area contributed by atoms with Gasteiger partial charge in [0.25, 0.3) is 0 Å². The molecule has 1 saturated carbocycles. The van der Waals surface area contributed by atoms with Crippen LogP contribution in [0.15, 0.2) is 24.3 Å². The van der Waals surface area contributed by atoms with E-state index in [0.717, 1.165) is 19.3 Å². The molecule has 1 aromatic carbocycles. The van der Waals surface area contributed by atoms with Gasteiger partial charge in [-0.1, -0.05) is 24.3 Å². The Morgan fingerprint density at radius 2 is 1.80 bits per heavy atom.